The van der Waals surface area contributed by atoms with Crippen LogP contribution in [0.3, 0.4) is 0 Å². The minimum Gasteiger partial charge on any atom is -0.385 e. The Hall–Kier alpha value is -1.17. The summed E-state index contributed by atoms with van der Waals surface area (Å²) in [6.45, 7) is 1.82. The summed E-state index contributed by atoms with van der Waals surface area (Å²) in [7, 11) is 0. The fourth-order valence-corrected chi connectivity index (χ4v) is 3.26. The summed E-state index contributed by atoms with van der Waals surface area (Å²) in [5.74, 6) is 0. The smallest absolute Gasteiger partial charge is 0.193 e. The van der Waals surface area contributed by atoms with Crippen molar-refractivity contribution in [1.29, 1.82) is 0 Å². The van der Waals surface area contributed by atoms with Crippen molar-refractivity contribution in [2.45, 2.75) is 18.9 Å². The highest BCUT2D eigenvalue weighted by Crippen LogP contribution is 2.27. The molecule has 2 heterocycles. The molecule has 1 aromatic carbocycles. The van der Waals surface area contributed by atoms with Crippen LogP contribution in [0.4, 0.5) is 0 Å². The van der Waals surface area contributed by atoms with Gasteiger partial charge in [0, 0.05) is 28.7 Å². The zero-order chi connectivity index (χ0) is 13.5. The lowest BCUT2D eigenvalue weighted by Crippen LogP contribution is -2.24. The van der Waals surface area contributed by atoms with Crippen molar-refractivity contribution in [2.24, 2.45) is 0 Å². The molecule has 0 radical (unpaired) electrons. The molecule has 0 aliphatic carbocycles. The van der Waals surface area contributed by atoms with E-state index in [1.54, 1.807) is 11.3 Å². The van der Waals surface area contributed by atoms with Gasteiger partial charge in [0.05, 0.1) is 11.3 Å². The Kier molecular flexibility index (Phi) is 3.20. The van der Waals surface area contributed by atoms with E-state index in [4.69, 9.17) is 0 Å². The summed E-state index contributed by atoms with van der Waals surface area (Å²) < 4.78 is 2.95. The highest BCUT2D eigenvalue weighted by atomic mass is 79.9. The zero-order valence-corrected chi connectivity index (χ0v) is 12.8. The summed E-state index contributed by atoms with van der Waals surface area (Å²) in [5, 5.41) is 12.7. The van der Waals surface area contributed by atoms with Gasteiger partial charge in [-0.05, 0) is 24.6 Å². The summed E-state index contributed by atoms with van der Waals surface area (Å²) >= 11 is 5.03. The predicted molar refractivity (Wildman–Crippen MR) is 80.5 cm³/mol. The number of nitrogens with zero attached hydrogens (tertiary/aromatic N) is 2. The van der Waals surface area contributed by atoms with E-state index in [-0.39, 0.29) is 0 Å². The number of aromatic nitrogens is 2. The number of hydrogen-bond acceptors (Lipinski definition) is 3. The molecule has 19 heavy (non-hydrogen) atoms. The van der Waals surface area contributed by atoms with Gasteiger partial charge in [0.15, 0.2) is 4.96 Å². The topological polar surface area (TPSA) is 37.5 Å². The van der Waals surface area contributed by atoms with Gasteiger partial charge in [0.1, 0.15) is 0 Å². The second-order valence-electron chi connectivity index (χ2n) is 4.79. The quantitative estimate of drug-likeness (QED) is 0.793. The first kappa shape index (κ1) is 12.8. The van der Waals surface area contributed by atoms with Crippen molar-refractivity contribution in [2.75, 3.05) is 0 Å². The van der Waals surface area contributed by atoms with Crippen LogP contribution >= 0.6 is 27.3 Å². The molecule has 0 saturated carbocycles. The third-order valence-electron chi connectivity index (χ3n) is 3.12. The molecule has 2 aromatic heterocycles. The number of thiazole rings is 1. The summed E-state index contributed by atoms with van der Waals surface area (Å²) in [4.78, 5) is 5.47. The minimum absolute atomic E-state index is 0.498. The third-order valence-corrected chi connectivity index (χ3v) is 4.38. The molecule has 0 aliphatic heterocycles. The Labute approximate surface area is 123 Å². The second kappa shape index (κ2) is 4.74. The number of fused-ring (bicyclic) bond motifs is 1. The predicted octanol–water partition coefficient (Wildman–Crippen LogP) is 3.61. The molecule has 3 rings (SSSR count). The normalized spacial score (nSPS) is 14.7. The van der Waals surface area contributed by atoms with Gasteiger partial charge in [-0.2, -0.15) is 0 Å². The average molecular weight is 337 g/mol. The van der Waals surface area contributed by atoms with Crippen LogP contribution in [0, 0.1) is 0 Å². The fraction of sp³-hybridized carbons (Fsp3) is 0.214. The van der Waals surface area contributed by atoms with Crippen LogP contribution in [0.2, 0.25) is 0 Å². The van der Waals surface area contributed by atoms with Crippen molar-refractivity contribution in [3.63, 3.8) is 0 Å². The maximum atomic E-state index is 10.7. The van der Waals surface area contributed by atoms with E-state index in [0.29, 0.717) is 6.42 Å². The monoisotopic (exact) mass is 336 g/mol. The van der Waals surface area contributed by atoms with Crippen molar-refractivity contribution < 1.29 is 5.11 Å². The lowest BCUT2D eigenvalue weighted by Gasteiger charge is -2.23. The molecule has 0 aliphatic rings. The van der Waals surface area contributed by atoms with E-state index in [1.807, 2.05) is 53.4 Å². The van der Waals surface area contributed by atoms with E-state index in [0.717, 1.165) is 20.7 Å². The lowest BCUT2D eigenvalue weighted by molar-refractivity contribution is 0.0567. The van der Waals surface area contributed by atoms with E-state index in [2.05, 4.69) is 20.9 Å². The largest absolute Gasteiger partial charge is 0.385 e. The molecule has 0 bridgehead atoms. The van der Waals surface area contributed by atoms with Crippen molar-refractivity contribution in [3.05, 3.63) is 57.8 Å². The number of hydrogen-bond donors (Lipinski definition) is 1. The van der Waals surface area contributed by atoms with Crippen LogP contribution in [0.5, 0.6) is 0 Å². The van der Waals surface area contributed by atoms with Gasteiger partial charge < -0.3 is 5.11 Å². The van der Waals surface area contributed by atoms with Crippen LogP contribution < -0.4 is 0 Å². The number of imidazole rings is 1. The Balaban J connectivity index is 1.90. The zero-order valence-electron chi connectivity index (χ0n) is 10.4. The van der Waals surface area contributed by atoms with E-state index in [1.165, 1.54) is 0 Å². The number of halogens is 1. The van der Waals surface area contributed by atoms with Crippen LogP contribution in [0.25, 0.3) is 4.96 Å². The molecule has 5 heteroatoms. The molecule has 98 valence electrons. The highest BCUT2D eigenvalue weighted by Gasteiger charge is 2.25. The van der Waals surface area contributed by atoms with E-state index in [9.17, 15) is 5.11 Å². The third kappa shape index (κ3) is 2.59. The van der Waals surface area contributed by atoms with Gasteiger partial charge in [-0.1, -0.05) is 28.1 Å². The maximum absolute atomic E-state index is 10.7. The van der Waals surface area contributed by atoms with Gasteiger partial charge in [0.25, 0.3) is 0 Å². The SMILES string of the molecule is CC(O)(Cc1cn2ccsc2n1)c1cccc(Br)c1. The molecule has 0 amide bonds. The molecule has 3 aromatic rings. The van der Waals surface area contributed by atoms with E-state index >= 15 is 0 Å². The van der Waals surface area contributed by atoms with Gasteiger partial charge in [0.2, 0.25) is 0 Å². The lowest BCUT2D eigenvalue weighted by atomic mass is 9.91. The molecule has 3 nitrogen and oxygen atoms in total. The fourth-order valence-electron chi connectivity index (χ4n) is 2.14. The Morgan fingerprint density at radius 3 is 3.05 bits per heavy atom. The molecule has 1 N–H and O–H groups in total. The van der Waals surface area contributed by atoms with Crippen molar-refractivity contribution >= 4 is 32.2 Å². The van der Waals surface area contributed by atoms with Gasteiger partial charge in [-0.15, -0.1) is 11.3 Å². The Bertz CT molecular complexity index is 688. The summed E-state index contributed by atoms with van der Waals surface area (Å²) in [5.41, 5.74) is 0.864. The van der Waals surface area contributed by atoms with Gasteiger partial charge in [-0.25, -0.2) is 4.98 Å². The number of benzene rings is 1. The maximum Gasteiger partial charge on any atom is 0.193 e. The Morgan fingerprint density at radius 2 is 2.32 bits per heavy atom. The minimum atomic E-state index is -0.923. The summed E-state index contributed by atoms with van der Waals surface area (Å²) in [6, 6.07) is 7.76. The number of aliphatic hydroxyl groups is 1. The van der Waals surface area contributed by atoms with Crippen LogP contribution in [-0.2, 0) is 12.0 Å². The molecule has 1 atom stereocenters. The second-order valence-corrected chi connectivity index (χ2v) is 6.57. The van der Waals surface area contributed by atoms with Crippen LogP contribution in [-0.4, -0.2) is 14.5 Å². The number of rotatable bonds is 3. The average Bonchev–Trinajstić information content (AvgIpc) is 2.89. The standard InChI is InChI=1S/C14H13BrN2OS/c1-14(18,10-3-2-4-11(15)7-10)8-12-9-17-5-6-19-13(17)16-12/h2-7,9,18H,8H2,1H3. The summed E-state index contributed by atoms with van der Waals surface area (Å²) in [6.07, 6.45) is 4.44. The Morgan fingerprint density at radius 1 is 1.47 bits per heavy atom. The first-order chi connectivity index (χ1) is 9.04. The van der Waals surface area contributed by atoms with Crippen LogP contribution in [0.15, 0.2) is 46.5 Å². The molecule has 0 spiro atoms. The molecule has 1 unspecified atom stereocenters. The van der Waals surface area contributed by atoms with Crippen LogP contribution in [0.1, 0.15) is 18.2 Å². The first-order valence-electron chi connectivity index (χ1n) is 5.94. The van der Waals surface area contributed by atoms with E-state index < -0.39 is 5.60 Å². The van der Waals surface area contributed by atoms with Crippen molar-refractivity contribution in [3.8, 4) is 0 Å². The van der Waals surface area contributed by atoms with Gasteiger partial charge >= 0.3 is 0 Å². The molecular formula is C14H13BrN2OS. The molecular weight excluding hydrogens is 324 g/mol. The molecule has 0 saturated heterocycles. The first-order valence-corrected chi connectivity index (χ1v) is 7.61. The van der Waals surface area contributed by atoms with Crippen molar-refractivity contribution in [1.82, 2.24) is 9.38 Å². The van der Waals surface area contributed by atoms with Gasteiger partial charge in [-0.3, -0.25) is 4.40 Å². The highest BCUT2D eigenvalue weighted by molar-refractivity contribution is 9.10. The molecule has 0 fully saturated rings.